The van der Waals surface area contributed by atoms with Gasteiger partial charge in [0.2, 0.25) is 0 Å². The van der Waals surface area contributed by atoms with Gasteiger partial charge < -0.3 is 20.1 Å². The van der Waals surface area contributed by atoms with Gasteiger partial charge in [-0.2, -0.15) is 0 Å². The molecule has 0 aliphatic carbocycles. The highest BCUT2D eigenvalue weighted by Crippen LogP contribution is 2.28. The van der Waals surface area contributed by atoms with Crippen LogP contribution in [0.3, 0.4) is 0 Å². The topological polar surface area (TPSA) is 78.9 Å². The zero-order valence-corrected chi connectivity index (χ0v) is 13.8. The zero-order valence-electron chi connectivity index (χ0n) is 12.2. The summed E-state index contributed by atoms with van der Waals surface area (Å²) in [7, 11) is 1.54. The predicted octanol–water partition coefficient (Wildman–Crippen LogP) is 3.17. The van der Waals surface area contributed by atoms with Crippen LogP contribution in [0.2, 0.25) is 0 Å². The van der Waals surface area contributed by atoms with Crippen LogP contribution in [0.15, 0.2) is 22.7 Å². The van der Waals surface area contributed by atoms with Crippen LogP contribution >= 0.6 is 15.9 Å². The number of anilines is 1. The third kappa shape index (κ3) is 5.26. The third-order valence-corrected chi connectivity index (χ3v) is 3.51. The first-order valence-electron chi connectivity index (χ1n) is 6.48. The predicted molar refractivity (Wildman–Crippen MR) is 83.8 cm³/mol. The number of carboxylic acids is 1. The third-order valence-electron chi connectivity index (χ3n) is 2.85. The molecule has 0 bridgehead atoms. The Hall–Kier alpha value is -1.76. The van der Waals surface area contributed by atoms with Gasteiger partial charge in [0.25, 0.3) is 0 Å². The molecule has 0 saturated heterocycles. The van der Waals surface area contributed by atoms with Gasteiger partial charge in [0.15, 0.2) is 0 Å². The Balaban J connectivity index is 2.79. The molecule has 21 heavy (non-hydrogen) atoms. The molecule has 1 aromatic carbocycles. The molecule has 0 aliphatic heterocycles. The standard InChI is InChI=1S/C14H19BrN2O4/c1-9(2)17(7-6-13(18)19)14(20)16-10-4-5-11(15)12(8-10)21-3/h4-5,8-9H,6-7H2,1-3H3,(H,16,20)(H,18,19). The maximum Gasteiger partial charge on any atom is 0.322 e. The van der Waals surface area contributed by atoms with Crippen LogP contribution < -0.4 is 10.1 Å². The molecule has 0 atom stereocenters. The Kier molecular flexibility index (Phi) is 6.48. The molecular formula is C14H19BrN2O4. The molecule has 1 rings (SSSR count). The molecule has 0 heterocycles. The fourth-order valence-corrected chi connectivity index (χ4v) is 2.15. The number of halogens is 1. The molecule has 0 radical (unpaired) electrons. The molecule has 116 valence electrons. The van der Waals surface area contributed by atoms with Gasteiger partial charge in [-0.1, -0.05) is 0 Å². The van der Waals surface area contributed by atoms with Crippen molar-refractivity contribution >= 4 is 33.6 Å². The first-order valence-corrected chi connectivity index (χ1v) is 7.27. The number of nitrogens with one attached hydrogen (secondary N) is 1. The molecule has 2 N–H and O–H groups in total. The van der Waals surface area contributed by atoms with E-state index < -0.39 is 5.97 Å². The minimum absolute atomic E-state index is 0.0880. The second kappa shape index (κ2) is 7.87. The Morgan fingerprint density at radius 1 is 1.43 bits per heavy atom. The summed E-state index contributed by atoms with van der Waals surface area (Å²) in [6.07, 6.45) is -0.0880. The number of amides is 2. The largest absolute Gasteiger partial charge is 0.495 e. The van der Waals surface area contributed by atoms with E-state index in [9.17, 15) is 9.59 Å². The van der Waals surface area contributed by atoms with Crippen LogP contribution in [0.4, 0.5) is 10.5 Å². The number of methoxy groups -OCH3 is 1. The molecule has 7 heteroatoms. The van der Waals surface area contributed by atoms with Gasteiger partial charge in [0.1, 0.15) is 5.75 Å². The van der Waals surface area contributed by atoms with Gasteiger partial charge in [-0.3, -0.25) is 4.79 Å². The monoisotopic (exact) mass is 358 g/mol. The first-order chi connectivity index (χ1) is 9.85. The highest BCUT2D eigenvalue weighted by atomic mass is 79.9. The number of hydrogen-bond acceptors (Lipinski definition) is 3. The number of rotatable bonds is 6. The summed E-state index contributed by atoms with van der Waals surface area (Å²) < 4.78 is 5.95. The Labute approximate surface area is 132 Å². The molecule has 0 unspecified atom stereocenters. The van der Waals surface area contributed by atoms with Crippen molar-refractivity contribution in [1.29, 1.82) is 0 Å². The number of carboxylic acid groups (broad SMARTS) is 1. The van der Waals surface area contributed by atoms with Crippen molar-refractivity contribution in [3.8, 4) is 5.75 Å². The minimum Gasteiger partial charge on any atom is -0.495 e. The van der Waals surface area contributed by atoms with Gasteiger partial charge in [-0.15, -0.1) is 0 Å². The van der Waals surface area contributed by atoms with E-state index in [0.29, 0.717) is 11.4 Å². The molecule has 1 aromatic rings. The second-order valence-corrected chi connectivity index (χ2v) is 5.56. The SMILES string of the molecule is COc1cc(NC(=O)N(CCC(=O)O)C(C)C)ccc1Br. The Bertz CT molecular complexity index is 520. The van der Waals surface area contributed by atoms with Crippen LogP contribution in [0.1, 0.15) is 20.3 Å². The van der Waals surface area contributed by atoms with Crippen LogP contribution in [0.25, 0.3) is 0 Å². The lowest BCUT2D eigenvalue weighted by atomic mass is 10.3. The maximum atomic E-state index is 12.2. The fourth-order valence-electron chi connectivity index (χ4n) is 1.74. The normalized spacial score (nSPS) is 10.3. The number of nitrogens with zero attached hydrogens (tertiary/aromatic N) is 1. The van der Waals surface area contributed by atoms with Gasteiger partial charge in [-0.25, -0.2) is 4.79 Å². The van der Waals surface area contributed by atoms with Gasteiger partial charge in [-0.05, 0) is 41.9 Å². The smallest absolute Gasteiger partial charge is 0.322 e. The summed E-state index contributed by atoms with van der Waals surface area (Å²) in [5, 5.41) is 11.5. The summed E-state index contributed by atoms with van der Waals surface area (Å²) in [5.74, 6) is -0.326. The highest BCUT2D eigenvalue weighted by Gasteiger charge is 2.18. The summed E-state index contributed by atoms with van der Waals surface area (Å²) in [6.45, 7) is 3.83. The van der Waals surface area contributed by atoms with Crippen LogP contribution in [0.5, 0.6) is 5.75 Å². The summed E-state index contributed by atoms with van der Waals surface area (Å²) >= 11 is 3.34. The number of benzene rings is 1. The van der Waals surface area contributed by atoms with E-state index in [4.69, 9.17) is 9.84 Å². The molecule has 0 fully saturated rings. The number of hydrogen-bond donors (Lipinski definition) is 2. The fraction of sp³-hybridized carbons (Fsp3) is 0.429. The van der Waals surface area contributed by atoms with Crippen molar-refractivity contribution in [3.63, 3.8) is 0 Å². The van der Waals surface area contributed by atoms with Gasteiger partial charge in [0, 0.05) is 24.3 Å². The van der Waals surface area contributed by atoms with E-state index in [1.807, 2.05) is 13.8 Å². The number of carbonyl (C=O) groups excluding carboxylic acids is 1. The Morgan fingerprint density at radius 2 is 2.10 bits per heavy atom. The molecule has 0 aliphatic rings. The summed E-state index contributed by atoms with van der Waals surface area (Å²) in [5.41, 5.74) is 0.584. The molecule has 0 saturated carbocycles. The quantitative estimate of drug-likeness (QED) is 0.818. The van der Waals surface area contributed by atoms with Crippen LogP contribution in [-0.2, 0) is 4.79 Å². The lowest BCUT2D eigenvalue weighted by molar-refractivity contribution is -0.137. The van der Waals surface area contributed by atoms with E-state index in [1.54, 1.807) is 25.3 Å². The number of urea groups is 1. The lowest BCUT2D eigenvalue weighted by Crippen LogP contribution is -2.41. The molecule has 2 amide bonds. The van der Waals surface area contributed by atoms with Crippen molar-refractivity contribution in [3.05, 3.63) is 22.7 Å². The van der Waals surface area contributed by atoms with E-state index in [2.05, 4.69) is 21.2 Å². The van der Waals surface area contributed by atoms with E-state index >= 15 is 0 Å². The van der Waals surface area contributed by atoms with Crippen molar-refractivity contribution in [1.82, 2.24) is 4.90 Å². The van der Waals surface area contributed by atoms with E-state index in [-0.39, 0.29) is 25.0 Å². The molecule has 6 nitrogen and oxygen atoms in total. The van der Waals surface area contributed by atoms with Crippen molar-refractivity contribution in [2.75, 3.05) is 19.0 Å². The van der Waals surface area contributed by atoms with E-state index in [0.717, 1.165) is 4.47 Å². The summed E-state index contributed by atoms with van der Waals surface area (Å²) in [4.78, 5) is 24.3. The Morgan fingerprint density at radius 3 is 2.62 bits per heavy atom. The second-order valence-electron chi connectivity index (χ2n) is 4.71. The lowest BCUT2D eigenvalue weighted by Gasteiger charge is -2.26. The van der Waals surface area contributed by atoms with Crippen LogP contribution in [-0.4, -0.2) is 41.7 Å². The molecule has 0 spiro atoms. The van der Waals surface area contributed by atoms with Crippen LogP contribution in [0, 0.1) is 0 Å². The van der Waals surface area contributed by atoms with Crippen molar-refractivity contribution in [2.45, 2.75) is 26.3 Å². The molecular weight excluding hydrogens is 340 g/mol. The van der Waals surface area contributed by atoms with Crippen molar-refractivity contribution in [2.24, 2.45) is 0 Å². The first kappa shape index (κ1) is 17.3. The van der Waals surface area contributed by atoms with Gasteiger partial charge in [0.05, 0.1) is 18.0 Å². The average Bonchev–Trinajstić information content (AvgIpc) is 2.40. The van der Waals surface area contributed by atoms with Crippen molar-refractivity contribution < 1.29 is 19.4 Å². The maximum absolute atomic E-state index is 12.2. The highest BCUT2D eigenvalue weighted by molar-refractivity contribution is 9.10. The zero-order chi connectivity index (χ0) is 16.0. The summed E-state index contributed by atoms with van der Waals surface area (Å²) in [6, 6.07) is 4.76. The molecule has 0 aromatic heterocycles. The van der Waals surface area contributed by atoms with E-state index in [1.165, 1.54) is 4.90 Å². The number of aliphatic carboxylic acids is 1. The average molecular weight is 359 g/mol. The number of carbonyl (C=O) groups is 2. The van der Waals surface area contributed by atoms with Gasteiger partial charge >= 0.3 is 12.0 Å². The minimum atomic E-state index is -0.932. The number of ether oxygens (including phenoxy) is 1.